The first kappa shape index (κ1) is 20.3. The molecule has 0 radical (unpaired) electrons. The molecule has 0 aromatic heterocycles. The summed E-state index contributed by atoms with van der Waals surface area (Å²) in [6, 6.07) is 9.85. The van der Waals surface area contributed by atoms with E-state index >= 15 is 0 Å². The summed E-state index contributed by atoms with van der Waals surface area (Å²) in [5, 5.41) is -1.15. The molecule has 0 bridgehead atoms. The van der Waals surface area contributed by atoms with E-state index in [0.29, 0.717) is 0 Å². The number of alkyl halides is 3. The van der Waals surface area contributed by atoms with Crippen LogP contribution in [0.5, 0.6) is 0 Å². The lowest BCUT2D eigenvalue weighted by Crippen LogP contribution is -2.34. The molecule has 0 saturated carbocycles. The SMILES string of the molecule is O=C(c1ccccc1C(F)(F)F)N1CC[C@H](c2ccccc2F)S(=O)(=O)CC1. The van der Waals surface area contributed by atoms with Crippen molar-refractivity contribution in [2.75, 3.05) is 18.8 Å². The van der Waals surface area contributed by atoms with Crippen molar-refractivity contribution in [3.05, 3.63) is 71.0 Å². The first-order valence-electron chi connectivity index (χ1n) is 8.53. The number of benzene rings is 2. The van der Waals surface area contributed by atoms with Gasteiger partial charge in [0.15, 0.2) is 9.84 Å². The molecular weight excluding hydrogens is 398 g/mol. The van der Waals surface area contributed by atoms with Gasteiger partial charge in [0, 0.05) is 18.7 Å². The fourth-order valence-electron chi connectivity index (χ4n) is 3.32. The second-order valence-electron chi connectivity index (χ2n) is 6.50. The van der Waals surface area contributed by atoms with Crippen LogP contribution in [-0.4, -0.2) is 38.1 Å². The van der Waals surface area contributed by atoms with E-state index in [1.165, 1.54) is 30.3 Å². The van der Waals surface area contributed by atoms with E-state index in [9.17, 15) is 30.8 Å². The quantitative estimate of drug-likeness (QED) is 0.701. The van der Waals surface area contributed by atoms with Crippen LogP contribution in [0.3, 0.4) is 0 Å². The summed E-state index contributed by atoms with van der Waals surface area (Å²) in [6.07, 6.45) is -4.80. The molecule has 0 unspecified atom stereocenters. The molecule has 28 heavy (non-hydrogen) atoms. The van der Waals surface area contributed by atoms with Gasteiger partial charge in [0.2, 0.25) is 0 Å². The molecule has 1 fully saturated rings. The van der Waals surface area contributed by atoms with Gasteiger partial charge in [0.1, 0.15) is 5.82 Å². The first-order chi connectivity index (χ1) is 13.1. The zero-order valence-corrected chi connectivity index (χ0v) is 15.4. The van der Waals surface area contributed by atoms with Crippen molar-refractivity contribution in [2.45, 2.75) is 17.8 Å². The van der Waals surface area contributed by atoms with Crippen LogP contribution in [0.2, 0.25) is 0 Å². The maximum atomic E-state index is 14.1. The molecule has 1 atom stereocenters. The monoisotopic (exact) mass is 415 g/mol. The minimum Gasteiger partial charge on any atom is -0.338 e. The molecule has 150 valence electrons. The molecule has 4 nitrogen and oxygen atoms in total. The zero-order chi connectivity index (χ0) is 20.5. The summed E-state index contributed by atoms with van der Waals surface area (Å²) in [5.41, 5.74) is -1.60. The number of nitrogens with zero attached hydrogens (tertiary/aromatic N) is 1. The number of halogens is 4. The van der Waals surface area contributed by atoms with Crippen molar-refractivity contribution in [1.82, 2.24) is 4.90 Å². The Morgan fingerprint density at radius 1 is 1.00 bits per heavy atom. The summed E-state index contributed by atoms with van der Waals surface area (Å²) < 4.78 is 78.9. The standard InChI is InChI=1S/C19H17F4NO3S/c20-16-8-4-2-6-14(16)17-9-10-24(11-12-28(17,26)27)18(25)13-5-1-3-7-15(13)19(21,22)23/h1-8,17H,9-12H2/t17-/m1/s1. The summed E-state index contributed by atoms with van der Waals surface area (Å²) in [4.78, 5) is 13.8. The molecule has 0 spiro atoms. The lowest BCUT2D eigenvalue weighted by atomic mass is 10.0. The van der Waals surface area contributed by atoms with E-state index in [4.69, 9.17) is 0 Å². The number of amides is 1. The molecule has 0 aliphatic carbocycles. The Hall–Kier alpha value is -2.42. The van der Waals surface area contributed by atoms with Crippen LogP contribution >= 0.6 is 0 Å². The summed E-state index contributed by atoms with van der Waals surface area (Å²) in [7, 11) is -3.78. The molecule has 2 aromatic rings. The van der Waals surface area contributed by atoms with Crippen molar-refractivity contribution in [1.29, 1.82) is 0 Å². The molecule has 1 saturated heterocycles. The molecule has 1 heterocycles. The maximum absolute atomic E-state index is 14.1. The van der Waals surface area contributed by atoms with Crippen LogP contribution in [0.15, 0.2) is 48.5 Å². The van der Waals surface area contributed by atoms with E-state index in [-0.39, 0.29) is 25.1 Å². The molecule has 1 aliphatic heterocycles. The predicted octanol–water partition coefficient (Wildman–Crippen LogP) is 3.85. The van der Waals surface area contributed by atoms with Crippen LogP contribution in [0.1, 0.15) is 33.2 Å². The minimum atomic E-state index is -4.71. The van der Waals surface area contributed by atoms with Crippen LogP contribution in [-0.2, 0) is 16.0 Å². The smallest absolute Gasteiger partial charge is 0.338 e. The highest BCUT2D eigenvalue weighted by atomic mass is 32.2. The van der Waals surface area contributed by atoms with Gasteiger partial charge in [-0.3, -0.25) is 4.79 Å². The molecule has 1 aliphatic rings. The van der Waals surface area contributed by atoms with Gasteiger partial charge < -0.3 is 4.90 Å². The van der Waals surface area contributed by atoms with E-state index in [0.717, 1.165) is 23.1 Å². The fourth-order valence-corrected chi connectivity index (χ4v) is 5.12. The number of carbonyl (C=O) groups is 1. The summed E-state index contributed by atoms with van der Waals surface area (Å²) in [6.45, 7) is -0.346. The lowest BCUT2D eigenvalue weighted by molar-refractivity contribution is -0.138. The predicted molar refractivity (Wildman–Crippen MR) is 94.9 cm³/mol. The Morgan fingerprint density at radius 3 is 2.32 bits per heavy atom. The minimum absolute atomic E-state index is 0.00694. The molecule has 3 rings (SSSR count). The average Bonchev–Trinajstić information content (AvgIpc) is 2.79. The van der Waals surface area contributed by atoms with Crippen LogP contribution < -0.4 is 0 Å². The van der Waals surface area contributed by atoms with E-state index in [1.807, 2.05) is 0 Å². The van der Waals surface area contributed by atoms with E-state index < -0.39 is 49.9 Å². The van der Waals surface area contributed by atoms with Crippen molar-refractivity contribution in [3.63, 3.8) is 0 Å². The highest BCUT2D eigenvalue weighted by Gasteiger charge is 2.38. The van der Waals surface area contributed by atoms with Crippen molar-refractivity contribution in [3.8, 4) is 0 Å². The zero-order valence-electron chi connectivity index (χ0n) is 14.6. The van der Waals surface area contributed by atoms with Crippen LogP contribution in [0, 0.1) is 5.82 Å². The molecule has 0 N–H and O–H groups in total. The Labute approximate surface area is 159 Å². The van der Waals surface area contributed by atoms with E-state index in [1.54, 1.807) is 0 Å². The fraction of sp³-hybridized carbons (Fsp3) is 0.316. The largest absolute Gasteiger partial charge is 0.417 e. The highest BCUT2D eigenvalue weighted by molar-refractivity contribution is 7.91. The molecule has 1 amide bonds. The number of hydrogen-bond donors (Lipinski definition) is 0. The van der Waals surface area contributed by atoms with Gasteiger partial charge in [0.25, 0.3) is 5.91 Å². The maximum Gasteiger partial charge on any atom is 0.417 e. The number of sulfone groups is 1. The summed E-state index contributed by atoms with van der Waals surface area (Å²) >= 11 is 0. The molecule has 9 heteroatoms. The van der Waals surface area contributed by atoms with Gasteiger partial charge in [-0.15, -0.1) is 0 Å². The van der Waals surface area contributed by atoms with Crippen molar-refractivity contribution < 1.29 is 30.8 Å². The van der Waals surface area contributed by atoms with Crippen LogP contribution in [0.4, 0.5) is 17.6 Å². The van der Waals surface area contributed by atoms with Gasteiger partial charge >= 0.3 is 6.18 Å². The number of rotatable bonds is 2. The average molecular weight is 415 g/mol. The normalized spacial score (nSPS) is 19.9. The van der Waals surface area contributed by atoms with E-state index in [2.05, 4.69) is 0 Å². The Balaban J connectivity index is 1.90. The highest BCUT2D eigenvalue weighted by Crippen LogP contribution is 2.34. The number of carbonyl (C=O) groups excluding carboxylic acids is 1. The lowest BCUT2D eigenvalue weighted by Gasteiger charge is -2.22. The third kappa shape index (κ3) is 4.04. The Kier molecular flexibility index (Phi) is 5.47. The second-order valence-corrected chi connectivity index (χ2v) is 8.80. The van der Waals surface area contributed by atoms with Crippen molar-refractivity contribution >= 4 is 15.7 Å². The topological polar surface area (TPSA) is 54.5 Å². The first-order valence-corrected chi connectivity index (χ1v) is 10.2. The van der Waals surface area contributed by atoms with Crippen molar-refractivity contribution in [2.24, 2.45) is 0 Å². The summed E-state index contributed by atoms with van der Waals surface area (Å²) in [5.74, 6) is -2.01. The van der Waals surface area contributed by atoms with Gasteiger partial charge in [-0.1, -0.05) is 30.3 Å². The van der Waals surface area contributed by atoms with Gasteiger partial charge in [-0.25, -0.2) is 12.8 Å². The molecular formula is C19H17F4NO3S. The van der Waals surface area contributed by atoms with Gasteiger partial charge in [0.05, 0.1) is 22.1 Å². The Morgan fingerprint density at radius 2 is 1.64 bits per heavy atom. The second kappa shape index (κ2) is 7.54. The van der Waals surface area contributed by atoms with Gasteiger partial charge in [-0.05, 0) is 24.6 Å². The third-order valence-corrected chi connectivity index (χ3v) is 6.85. The third-order valence-electron chi connectivity index (χ3n) is 4.74. The number of hydrogen-bond acceptors (Lipinski definition) is 3. The Bertz CT molecular complexity index is 989. The molecule has 2 aromatic carbocycles. The van der Waals surface area contributed by atoms with Gasteiger partial charge in [-0.2, -0.15) is 13.2 Å². The van der Waals surface area contributed by atoms with Crippen LogP contribution in [0.25, 0.3) is 0 Å².